The number of thiophene rings is 1. The minimum absolute atomic E-state index is 0.00438. The molecule has 1 aliphatic heterocycles. The topological polar surface area (TPSA) is 58.6 Å². The van der Waals surface area contributed by atoms with Crippen molar-refractivity contribution in [3.63, 3.8) is 0 Å². The summed E-state index contributed by atoms with van der Waals surface area (Å²) in [6, 6.07) is 5.19. The van der Waals surface area contributed by atoms with Crippen molar-refractivity contribution >= 4 is 23.3 Å². The van der Waals surface area contributed by atoms with Gasteiger partial charge in [0, 0.05) is 22.2 Å². The van der Waals surface area contributed by atoms with Crippen LogP contribution >= 0.6 is 11.3 Å². The Kier molecular flexibility index (Phi) is 5.03. The van der Waals surface area contributed by atoms with Gasteiger partial charge in [0.2, 0.25) is 0 Å². The summed E-state index contributed by atoms with van der Waals surface area (Å²) in [5, 5.41) is 4.50. The molecule has 1 aliphatic rings. The van der Waals surface area contributed by atoms with Crippen LogP contribution in [0.1, 0.15) is 23.4 Å². The SMILES string of the molecule is COC(=O)C1=C(C)N(Cc2cccs2)C(=O)N[C@H]1c1ccc(F)cc1F. The van der Waals surface area contributed by atoms with Gasteiger partial charge in [-0.2, -0.15) is 0 Å². The lowest BCUT2D eigenvalue weighted by molar-refractivity contribution is -0.136. The van der Waals surface area contributed by atoms with Gasteiger partial charge in [0.05, 0.1) is 25.3 Å². The number of allylic oxidation sites excluding steroid dienone is 1. The molecule has 2 amide bonds. The highest BCUT2D eigenvalue weighted by Gasteiger charge is 2.37. The monoisotopic (exact) mass is 378 g/mol. The van der Waals surface area contributed by atoms with Gasteiger partial charge >= 0.3 is 12.0 Å². The van der Waals surface area contributed by atoms with Gasteiger partial charge in [-0.25, -0.2) is 18.4 Å². The van der Waals surface area contributed by atoms with Crippen LogP contribution < -0.4 is 5.32 Å². The number of benzene rings is 1. The molecule has 0 radical (unpaired) electrons. The van der Waals surface area contributed by atoms with Crippen molar-refractivity contribution in [2.45, 2.75) is 19.5 Å². The molecule has 1 aromatic heterocycles. The number of halogens is 2. The molecule has 1 aromatic carbocycles. The van der Waals surface area contributed by atoms with Crippen molar-refractivity contribution in [1.29, 1.82) is 0 Å². The van der Waals surface area contributed by atoms with Crippen LogP contribution in [0.15, 0.2) is 47.0 Å². The summed E-state index contributed by atoms with van der Waals surface area (Å²) in [5.74, 6) is -2.28. The molecule has 1 atom stereocenters. The van der Waals surface area contributed by atoms with E-state index in [2.05, 4.69) is 5.32 Å². The van der Waals surface area contributed by atoms with Gasteiger partial charge in [-0.05, 0) is 24.4 Å². The first kappa shape index (κ1) is 18.1. The average Bonchev–Trinajstić information content (AvgIpc) is 3.11. The third kappa shape index (κ3) is 3.32. The van der Waals surface area contributed by atoms with E-state index in [-0.39, 0.29) is 17.7 Å². The molecule has 0 saturated carbocycles. The van der Waals surface area contributed by atoms with Crippen molar-refractivity contribution in [3.8, 4) is 0 Å². The number of ether oxygens (including phenoxy) is 1. The molecule has 2 heterocycles. The minimum atomic E-state index is -1.06. The number of hydrogen-bond donors (Lipinski definition) is 1. The summed E-state index contributed by atoms with van der Waals surface area (Å²) in [6.45, 7) is 1.88. The van der Waals surface area contributed by atoms with Gasteiger partial charge in [-0.15, -0.1) is 11.3 Å². The van der Waals surface area contributed by atoms with Crippen LogP contribution in [0.25, 0.3) is 0 Å². The molecule has 2 aromatic rings. The fourth-order valence-corrected chi connectivity index (χ4v) is 3.57. The third-order valence-electron chi connectivity index (χ3n) is 4.17. The maximum absolute atomic E-state index is 14.3. The molecule has 1 N–H and O–H groups in total. The van der Waals surface area contributed by atoms with E-state index in [1.165, 1.54) is 29.4 Å². The molecular weight excluding hydrogens is 362 g/mol. The Balaban J connectivity index is 2.07. The number of esters is 1. The van der Waals surface area contributed by atoms with E-state index in [9.17, 15) is 18.4 Å². The highest BCUT2D eigenvalue weighted by molar-refractivity contribution is 7.09. The highest BCUT2D eigenvalue weighted by atomic mass is 32.1. The van der Waals surface area contributed by atoms with Gasteiger partial charge in [0.15, 0.2) is 0 Å². The second kappa shape index (κ2) is 7.25. The Morgan fingerprint density at radius 2 is 2.12 bits per heavy atom. The second-order valence-corrected chi connectivity index (χ2v) is 6.74. The Labute approximate surface area is 152 Å². The van der Waals surface area contributed by atoms with Crippen molar-refractivity contribution in [2.75, 3.05) is 7.11 Å². The number of rotatable bonds is 4. The minimum Gasteiger partial charge on any atom is -0.466 e. The fraction of sp³-hybridized carbons (Fsp3) is 0.222. The van der Waals surface area contributed by atoms with E-state index in [1.807, 2.05) is 17.5 Å². The van der Waals surface area contributed by atoms with E-state index < -0.39 is 29.7 Å². The van der Waals surface area contributed by atoms with Crippen LogP contribution in [0, 0.1) is 11.6 Å². The normalized spacial score (nSPS) is 17.3. The third-order valence-corrected chi connectivity index (χ3v) is 5.03. The average molecular weight is 378 g/mol. The number of hydrogen-bond acceptors (Lipinski definition) is 4. The summed E-state index contributed by atoms with van der Waals surface area (Å²) < 4.78 is 32.3. The Morgan fingerprint density at radius 1 is 1.35 bits per heavy atom. The highest BCUT2D eigenvalue weighted by Crippen LogP contribution is 2.33. The standard InChI is InChI=1S/C18H16F2N2O3S/c1-10-15(17(23)25-2)16(13-6-5-11(19)8-14(13)20)21-18(24)22(10)9-12-4-3-7-26-12/h3-8,16H,9H2,1-2H3,(H,21,24)/t16-/m0/s1. The maximum atomic E-state index is 14.3. The number of methoxy groups -OCH3 is 1. The molecule has 136 valence electrons. The van der Waals surface area contributed by atoms with Crippen molar-refractivity contribution < 1.29 is 23.1 Å². The van der Waals surface area contributed by atoms with Gasteiger partial charge in [0.25, 0.3) is 0 Å². The molecule has 26 heavy (non-hydrogen) atoms. The summed E-state index contributed by atoms with van der Waals surface area (Å²) in [6.07, 6.45) is 0. The number of urea groups is 1. The molecule has 3 rings (SSSR count). The van der Waals surface area contributed by atoms with Crippen molar-refractivity contribution in [2.24, 2.45) is 0 Å². The lowest BCUT2D eigenvalue weighted by atomic mass is 9.94. The Hall–Kier alpha value is -2.74. The van der Waals surface area contributed by atoms with E-state index in [0.29, 0.717) is 11.8 Å². The summed E-state index contributed by atoms with van der Waals surface area (Å²) in [5.41, 5.74) is 0.465. The molecule has 0 aliphatic carbocycles. The van der Waals surface area contributed by atoms with Gasteiger partial charge in [0.1, 0.15) is 11.6 Å². The number of nitrogens with zero attached hydrogens (tertiary/aromatic N) is 1. The molecule has 0 bridgehead atoms. The summed E-state index contributed by atoms with van der Waals surface area (Å²) in [4.78, 5) is 27.3. The first-order chi connectivity index (χ1) is 12.4. The zero-order valence-electron chi connectivity index (χ0n) is 14.1. The van der Waals surface area contributed by atoms with E-state index in [0.717, 1.165) is 10.9 Å². The predicted octanol–water partition coefficient (Wildman–Crippen LogP) is 3.74. The quantitative estimate of drug-likeness (QED) is 0.825. The first-order valence-corrected chi connectivity index (χ1v) is 8.64. The van der Waals surface area contributed by atoms with Crippen LogP contribution in [0.5, 0.6) is 0 Å². The Bertz CT molecular complexity index is 881. The van der Waals surface area contributed by atoms with Gasteiger partial charge in [-0.1, -0.05) is 12.1 Å². The molecule has 0 spiro atoms. The number of nitrogens with one attached hydrogen (secondary N) is 1. The molecule has 0 fully saturated rings. The fourth-order valence-electron chi connectivity index (χ4n) is 2.87. The molecule has 0 saturated heterocycles. The number of carbonyl (C=O) groups excluding carboxylic acids is 2. The maximum Gasteiger partial charge on any atom is 0.337 e. The van der Waals surface area contributed by atoms with Crippen LogP contribution in [0.3, 0.4) is 0 Å². The lowest BCUT2D eigenvalue weighted by Crippen LogP contribution is -2.47. The smallest absolute Gasteiger partial charge is 0.337 e. The Morgan fingerprint density at radius 3 is 2.73 bits per heavy atom. The largest absolute Gasteiger partial charge is 0.466 e. The zero-order valence-corrected chi connectivity index (χ0v) is 14.9. The molecular formula is C18H16F2N2O3S. The molecule has 8 heteroatoms. The summed E-state index contributed by atoms with van der Waals surface area (Å²) in [7, 11) is 1.21. The van der Waals surface area contributed by atoms with Crippen LogP contribution in [0.4, 0.5) is 13.6 Å². The van der Waals surface area contributed by atoms with Crippen LogP contribution in [-0.4, -0.2) is 24.0 Å². The first-order valence-electron chi connectivity index (χ1n) is 7.76. The van der Waals surface area contributed by atoms with Gasteiger partial charge in [-0.3, -0.25) is 4.90 Å². The van der Waals surface area contributed by atoms with Crippen molar-refractivity contribution in [3.05, 3.63) is 69.1 Å². The molecule has 0 unspecified atom stereocenters. The second-order valence-electron chi connectivity index (χ2n) is 5.70. The van der Waals surface area contributed by atoms with E-state index in [1.54, 1.807) is 6.92 Å². The van der Waals surface area contributed by atoms with Crippen LogP contribution in [0.2, 0.25) is 0 Å². The zero-order chi connectivity index (χ0) is 18.8. The molecule has 5 nitrogen and oxygen atoms in total. The predicted molar refractivity (Wildman–Crippen MR) is 92.2 cm³/mol. The number of carbonyl (C=O) groups is 2. The van der Waals surface area contributed by atoms with Crippen LogP contribution in [-0.2, 0) is 16.1 Å². The van der Waals surface area contributed by atoms with E-state index >= 15 is 0 Å². The van der Waals surface area contributed by atoms with Crippen molar-refractivity contribution in [1.82, 2.24) is 10.2 Å². The van der Waals surface area contributed by atoms with E-state index in [4.69, 9.17) is 4.74 Å². The van der Waals surface area contributed by atoms with Gasteiger partial charge < -0.3 is 10.1 Å². The number of amides is 2. The lowest BCUT2D eigenvalue weighted by Gasteiger charge is -2.35. The summed E-state index contributed by atoms with van der Waals surface area (Å²) >= 11 is 1.48.